The van der Waals surface area contributed by atoms with Crippen LogP contribution >= 0.6 is 23.2 Å². The number of ether oxygens (including phenoxy) is 1. The van der Waals surface area contributed by atoms with E-state index >= 15 is 0 Å². The van der Waals surface area contributed by atoms with Crippen LogP contribution in [-0.2, 0) is 21.3 Å². The van der Waals surface area contributed by atoms with Gasteiger partial charge in [-0.15, -0.1) is 0 Å². The van der Waals surface area contributed by atoms with Gasteiger partial charge in [0.1, 0.15) is 17.8 Å². The summed E-state index contributed by atoms with van der Waals surface area (Å²) in [5, 5.41) is 10.6. The Bertz CT molecular complexity index is 1130. The molecule has 3 aromatic rings. The Hall–Kier alpha value is -2.30. The number of nitriles is 1. The van der Waals surface area contributed by atoms with Crippen molar-refractivity contribution in [2.75, 3.05) is 6.61 Å². The zero-order valence-corrected chi connectivity index (χ0v) is 17.2. The van der Waals surface area contributed by atoms with Gasteiger partial charge in [-0.2, -0.15) is 5.26 Å². The highest BCUT2D eigenvalue weighted by Gasteiger charge is 2.27. The Morgan fingerprint density at radius 2 is 1.61 bits per heavy atom. The van der Waals surface area contributed by atoms with E-state index in [1.807, 2.05) is 6.92 Å². The smallest absolute Gasteiger partial charge is 0.222 e. The number of benzene rings is 2. The average Bonchev–Trinajstić information content (AvgIpc) is 3.06. The van der Waals surface area contributed by atoms with Crippen LogP contribution in [0, 0.1) is 11.3 Å². The molecule has 0 atom stereocenters. The topological polar surface area (TPSA) is 72.1 Å². The number of nitrogens with zero attached hydrogens (tertiary/aromatic N) is 2. The quantitative estimate of drug-likeness (QED) is 0.536. The van der Waals surface area contributed by atoms with Crippen LogP contribution in [0.15, 0.2) is 64.5 Å². The van der Waals surface area contributed by atoms with Gasteiger partial charge < -0.3 is 9.30 Å². The van der Waals surface area contributed by atoms with E-state index in [2.05, 4.69) is 6.07 Å². The second kappa shape index (κ2) is 8.38. The highest BCUT2D eigenvalue weighted by Crippen LogP contribution is 2.33. The summed E-state index contributed by atoms with van der Waals surface area (Å²) in [6.07, 6.45) is 0. The van der Waals surface area contributed by atoms with Crippen LogP contribution in [0.25, 0.3) is 11.3 Å². The van der Waals surface area contributed by atoms with E-state index in [1.165, 1.54) is 34.9 Å². The summed E-state index contributed by atoms with van der Waals surface area (Å²) in [5.41, 5.74) is 1.35. The molecule has 1 aromatic heterocycles. The highest BCUT2D eigenvalue weighted by molar-refractivity contribution is 7.91. The van der Waals surface area contributed by atoms with Crippen molar-refractivity contribution in [2.24, 2.45) is 0 Å². The van der Waals surface area contributed by atoms with E-state index in [0.29, 0.717) is 27.9 Å². The van der Waals surface area contributed by atoms with Crippen molar-refractivity contribution in [1.29, 1.82) is 5.26 Å². The maximum absolute atomic E-state index is 13.2. The molecule has 0 unspecified atom stereocenters. The number of sulfone groups is 1. The summed E-state index contributed by atoms with van der Waals surface area (Å²) in [4.78, 5) is 0.0827. The van der Waals surface area contributed by atoms with Gasteiger partial charge in [-0.1, -0.05) is 35.3 Å². The summed E-state index contributed by atoms with van der Waals surface area (Å²) >= 11 is 11.8. The fraction of sp³-hybridized carbons (Fsp3) is 0.150. The number of halogens is 2. The van der Waals surface area contributed by atoms with Gasteiger partial charge in [0.25, 0.3) is 0 Å². The van der Waals surface area contributed by atoms with E-state index in [-0.39, 0.29) is 22.2 Å². The minimum Gasteiger partial charge on any atom is -0.361 e. The third kappa shape index (κ3) is 3.94. The maximum atomic E-state index is 13.2. The zero-order chi connectivity index (χ0) is 20.3. The number of aromatic nitrogens is 1. The molecule has 5 nitrogen and oxygen atoms in total. The van der Waals surface area contributed by atoms with Gasteiger partial charge in [0.15, 0.2) is 0 Å². The fourth-order valence-corrected chi connectivity index (χ4v) is 4.49. The molecule has 3 rings (SSSR count). The van der Waals surface area contributed by atoms with E-state index in [0.717, 1.165) is 0 Å². The second-order valence-electron chi connectivity index (χ2n) is 5.87. The molecule has 0 aliphatic carbocycles. The third-order valence-corrected chi connectivity index (χ3v) is 6.41. The van der Waals surface area contributed by atoms with Crippen molar-refractivity contribution in [1.82, 2.24) is 4.57 Å². The van der Waals surface area contributed by atoms with Crippen molar-refractivity contribution < 1.29 is 13.2 Å². The van der Waals surface area contributed by atoms with E-state index in [9.17, 15) is 13.7 Å². The van der Waals surface area contributed by atoms with Crippen LogP contribution in [0.3, 0.4) is 0 Å². The normalized spacial score (nSPS) is 11.4. The van der Waals surface area contributed by atoms with Gasteiger partial charge in [-0.05, 0) is 55.0 Å². The molecule has 0 saturated heterocycles. The number of hydrogen-bond acceptors (Lipinski definition) is 4. The Kier molecular flexibility index (Phi) is 6.11. The largest absolute Gasteiger partial charge is 0.361 e. The SMILES string of the molecule is CCOCn1c(S(=O)(=O)c2ccc(Cl)cc2)cc(C#N)c1-c1ccc(Cl)cc1. The van der Waals surface area contributed by atoms with Gasteiger partial charge in [0.2, 0.25) is 9.84 Å². The molecule has 0 aliphatic rings. The average molecular weight is 435 g/mol. The van der Waals surface area contributed by atoms with E-state index in [1.54, 1.807) is 24.3 Å². The molecular formula is C20H16Cl2N2O3S. The van der Waals surface area contributed by atoms with Crippen LogP contribution in [-0.4, -0.2) is 19.6 Å². The zero-order valence-electron chi connectivity index (χ0n) is 14.9. The Morgan fingerprint density at radius 3 is 2.14 bits per heavy atom. The van der Waals surface area contributed by atoms with Gasteiger partial charge in [0, 0.05) is 16.7 Å². The Labute approximate surface area is 173 Å². The van der Waals surface area contributed by atoms with Gasteiger partial charge >= 0.3 is 0 Å². The number of hydrogen-bond donors (Lipinski definition) is 0. The summed E-state index contributed by atoms with van der Waals surface area (Å²) in [7, 11) is -3.90. The molecule has 2 aromatic carbocycles. The van der Waals surface area contributed by atoms with Crippen LogP contribution in [0.4, 0.5) is 0 Å². The molecule has 0 bridgehead atoms. The standard InChI is InChI=1S/C20H16Cl2N2O3S/c1-2-27-13-24-19(28(25,26)18-9-7-17(22)8-10-18)11-15(12-23)20(24)14-3-5-16(21)6-4-14/h3-11H,2,13H2,1H3. The molecule has 0 aliphatic heterocycles. The Morgan fingerprint density at radius 1 is 1.04 bits per heavy atom. The van der Waals surface area contributed by atoms with Gasteiger partial charge in [-0.25, -0.2) is 8.42 Å². The van der Waals surface area contributed by atoms with Crippen molar-refractivity contribution in [3.05, 3.63) is 70.2 Å². The summed E-state index contributed by atoms with van der Waals surface area (Å²) in [6, 6.07) is 16.2. The van der Waals surface area contributed by atoms with Crippen LogP contribution in [0.5, 0.6) is 0 Å². The summed E-state index contributed by atoms with van der Waals surface area (Å²) in [5.74, 6) is 0. The lowest BCUT2D eigenvalue weighted by Gasteiger charge is -2.14. The Balaban J connectivity index is 2.25. The van der Waals surface area contributed by atoms with E-state index in [4.69, 9.17) is 27.9 Å². The lowest BCUT2D eigenvalue weighted by atomic mass is 10.1. The molecule has 0 radical (unpaired) electrons. The molecule has 0 spiro atoms. The minimum absolute atomic E-state index is 0.0156. The molecule has 0 amide bonds. The second-order valence-corrected chi connectivity index (χ2v) is 8.64. The van der Waals surface area contributed by atoms with Crippen LogP contribution < -0.4 is 0 Å². The lowest BCUT2D eigenvalue weighted by molar-refractivity contribution is 0.0835. The van der Waals surface area contributed by atoms with Crippen molar-refractivity contribution in [3.63, 3.8) is 0 Å². The molecule has 1 heterocycles. The summed E-state index contributed by atoms with van der Waals surface area (Å²) < 4.78 is 33.5. The predicted molar refractivity (Wildman–Crippen MR) is 108 cm³/mol. The minimum atomic E-state index is -3.90. The first-order valence-electron chi connectivity index (χ1n) is 8.36. The van der Waals surface area contributed by atoms with Crippen LogP contribution in [0.1, 0.15) is 12.5 Å². The highest BCUT2D eigenvalue weighted by atomic mass is 35.5. The predicted octanol–water partition coefficient (Wildman–Crippen LogP) is 5.16. The summed E-state index contributed by atoms with van der Waals surface area (Å²) in [6.45, 7) is 2.18. The first-order chi connectivity index (χ1) is 13.4. The molecule has 0 fully saturated rings. The van der Waals surface area contributed by atoms with Gasteiger partial charge in [0.05, 0.1) is 16.2 Å². The molecule has 144 valence electrons. The molecule has 0 saturated carbocycles. The molecule has 28 heavy (non-hydrogen) atoms. The fourth-order valence-electron chi connectivity index (χ4n) is 2.80. The lowest BCUT2D eigenvalue weighted by Crippen LogP contribution is -2.13. The van der Waals surface area contributed by atoms with Gasteiger partial charge in [-0.3, -0.25) is 0 Å². The molecule has 8 heteroatoms. The third-order valence-electron chi connectivity index (χ3n) is 4.12. The molecular weight excluding hydrogens is 419 g/mol. The number of rotatable bonds is 6. The van der Waals surface area contributed by atoms with E-state index < -0.39 is 9.84 Å². The van der Waals surface area contributed by atoms with Crippen molar-refractivity contribution >= 4 is 33.0 Å². The molecule has 0 N–H and O–H groups in total. The monoisotopic (exact) mass is 434 g/mol. The van der Waals surface area contributed by atoms with Crippen molar-refractivity contribution in [3.8, 4) is 17.3 Å². The first kappa shape index (κ1) is 20.4. The maximum Gasteiger partial charge on any atom is 0.222 e. The van der Waals surface area contributed by atoms with Crippen LogP contribution in [0.2, 0.25) is 10.0 Å². The van der Waals surface area contributed by atoms with Crippen molar-refractivity contribution in [2.45, 2.75) is 23.6 Å². The first-order valence-corrected chi connectivity index (χ1v) is 10.6.